The molecule has 30 heavy (non-hydrogen) atoms. The Kier molecular flexibility index (Phi) is 4.46. The number of hydrogen-bond donors (Lipinski definition) is 1. The van der Waals surface area contributed by atoms with Crippen molar-refractivity contribution < 1.29 is 18.0 Å². The van der Waals surface area contributed by atoms with Crippen LogP contribution in [-0.2, 0) is 16.6 Å². The van der Waals surface area contributed by atoms with Crippen LogP contribution in [0, 0.1) is 5.95 Å². The first kappa shape index (κ1) is 19.3. The van der Waals surface area contributed by atoms with Gasteiger partial charge >= 0.3 is 0 Å². The fourth-order valence-electron chi connectivity index (χ4n) is 4.64. The minimum atomic E-state index is -2.56. The van der Waals surface area contributed by atoms with Crippen LogP contribution in [0.25, 0.3) is 5.65 Å². The summed E-state index contributed by atoms with van der Waals surface area (Å²) in [6, 6.07) is 2.69. The summed E-state index contributed by atoms with van der Waals surface area (Å²) in [7, 11) is 0. The van der Waals surface area contributed by atoms with Gasteiger partial charge in [-0.15, -0.1) is 5.10 Å². The molecule has 0 bridgehead atoms. The quantitative estimate of drug-likeness (QED) is 0.664. The zero-order chi connectivity index (χ0) is 21.0. The van der Waals surface area contributed by atoms with Crippen LogP contribution >= 0.6 is 11.6 Å². The molecule has 2 aliphatic rings. The number of aromatic nitrogens is 4. The number of fused-ring (bicyclic) bond motifs is 4. The van der Waals surface area contributed by atoms with Crippen molar-refractivity contribution in [1.82, 2.24) is 19.6 Å². The first-order valence-corrected chi connectivity index (χ1v) is 10.0. The van der Waals surface area contributed by atoms with Gasteiger partial charge in [0, 0.05) is 23.2 Å². The van der Waals surface area contributed by atoms with E-state index < -0.39 is 24.7 Å². The summed E-state index contributed by atoms with van der Waals surface area (Å²) < 4.78 is 40.4. The zero-order valence-electron chi connectivity index (χ0n) is 15.7. The van der Waals surface area contributed by atoms with Crippen LogP contribution in [0.4, 0.5) is 18.9 Å². The number of pyridine rings is 1. The monoisotopic (exact) mass is 435 g/mol. The van der Waals surface area contributed by atoms with Crippen molar-refractivity contribution in [3.63, 3.8) is 0 Å². The second-order valence-corrected chi connectivity index (χ2v) is 8.33. The second-order valence-electron chi connectivity index (χ2n) is 7.93. The lowest BCUT2D eigenvalue weighted by molar-refractivity contribution is -0.117. The number of anilines is 1. The molecule has 2 aliphatic carbocycles. The van der Waals surface area contributed by atoms with Gasteiger partial charge in [-0.05, 0) is 25.3 Å². The highest BCUT2D eigenvalue weighted by Crippen LogP contribution is 2.56. The maximum absolute atomic E-state index is 13.7. The van der Waals surface area contributed by atoms with Crippen LogP contribution in [0.2, 0.25) is 5.02 Å². The van der Waals surface area contributed by atoms with Gasteiger partial charge in [-0.1, -0.05) is 18.0 Å². The average molecular weight is 436 g/mol. The molecule has 6 nitrogen and oxygen atoms in total. The summed E-state index contributed by atoms with van der Waals surface area (Å²) >= 11 is 6.04. The maximum atomic E-state index is 13.7. The number of hydrogen-bond acceptors (Lipinski definition) is 4. The molecule has 3 aromatic heterocycles. The standard InChI is InChI=1S/C20H17ClF3N5O/c21-13-4-10(8-25-14(13)5-15(22)23)27-19(30)11-7-20(2-1-3-20)18-12(11)9-26-17-6-16(24)28-29(17)18/h4,6,8-9,11,15H,1-3,5,7H2,(H,27,30). The first-order chi connectivity index (χ1) is 14.4. The summed E-state index contributed by atoms with van der Waals surface area (Å²) in [5.74, 6) is -1.36. The minimum Gasteiger partial charge on any atom is -0.324 e. The smallest absolute Gasteiger partial charge is 0.244 e. The SMILES string of the molecule is O=C(Nc1cnc(CC(F)F)c(Cl)c1)C1CC2(CCC2)c2c1cnc1cc(F)nn21. The van der Waals surface area contributed by atoms with E-state index in [1.165, 1.54) is 22.8 Å². The number of carbonyl (C=O) groups is 1. The van der Waals surface area contributed by atoms with Gasteiger partial charge in [0.1, 0.15) is 0 Å². The van der Waals surface area contributed by atoms with E-state index in [0.717, 1.165) is 30.5 Å². The third-order valence-corrected chi connectivity index (χ3v) is 6.44. The molecule has 1 N–H and O–H groups in total. The molecular formula is C20H17ClF3N5O. The van der Waals surface area contributed by atoms with E-state index in [9.17, 15) is 18.0 Å². The third kappa shape index (κ3) is 3.03. The third-order valence-electron chi connectivity index (χ3n) is 6.11. The maximum Gasteiger partial charge on any atom is 0.244 e. The highest BCUT2D eigenvalue weighted by molar-refractivity contribution is 6.31. The number of nitrogens with zero attached hydrogens (tertiary/aromatic N) is 4. The van der Waals surface area contributed by atoms with Gasteiger partial charge in [0.05, 0.1) is 40.6 Å². The molecule has 1 atom stereocenters. The number of carbonyl (C=O) groups excluding carboxylic acids is 1. The molecule has 1 fully saturated rings. The van der Waals surface area contributed by atoms with Gasteiger partial charge in [-0.2, -0.15) is 4.39 Å². The summed E-state index contributed by atoms with van der Waals surface area (Å²) in [5, 5.41) is 6.81. The van der Waals surface area contributed by atoms with E-state index >= 15 is 0 Å². The molecule has 3 aromatic rings. The Morgan fingerprint density at radius 2 is 2.10 bits per heavy atom. The Morgan fingerprint density at radius 3 is 2.77 bits per heavy atom. The fraction of sp³-hybridized carbons (Fsp3) is 0.400. The molecule has 10 heteroatoms. The van der Waals surface area contributed by atoms with Crippen LogP contribution in [0.3, 0.4) is 0 Å². The Labute approximate surface area is 174 Å². The Bertz CT molecular complexity index is 1160. The number of alkyl halides is 2. The van der Waals surface area contributed by atoms with Crippen molar-refractivity contribution in [3.05, 3.63) is 52.4 Å². The van der Waals surface area contributed by atoms with E-state index in [4.69, 9.17) is 11.6 Å². The molecule has 156 valence electrons. The summed E-state index contributed by atoms with van der Waals surface area (Å²) in [6.45, 7) is 0. The van der Waals surface area contributed by atoms with Gasteiger partial charge in [0.25, 0.3) is 0 Å². The molecule has 3 heterocycles. The number of nitrogens with one attached hydrogen (secondary N) is 1. The van der Waals surface area contributed by atoms with Gasteiger partial charge in [0.2, 0.25) is 18.3 Å². The van der Waals surface area contributed by atoms with Gasteiger partial charge in [0.15, 0.2) is 5.65 Å². The molecular weight excluding hydrogens is 419 g/mol. The second kappa shape index (κ2) is 6.94. The van der Waals surface area contributed by atoms with Crippen LogP contribution in [0.5, 0.6) is 0 Å². The van der Waals surface area contributed by atoms with E-state index in [0.29, 0.717) is 17.8 Å². The lowest BCUT2D eigenvalue weighted by Gasteiger charge is -2.39. The van der Waals surface area contributed by atoms with E-state index in [-0.39, 0.29) is 22.0 Å². The zero-order valence-corrected chi connectivity index (χ0v) is 16.5. The predicted octanol–water partition coefficient (Wildman–Crippen LogP) is 4.27. The van der Waals surface area contributed by atoms with E-state index in [1.54, 1.807) is 6.20 Å². The molecule has 0 radical (unpaired) electrons. The topological polar surface area (TPSA) is 72.2 Å². The van der Waals surface area contributed by atoms with Gasteiger partial charge in [-0.3, -0.25) is 9.78 Å². The Hall–Kier alpha value is -2.68. The van der Waals surface area contributed by atoms with Crippen molar-refractivity contribution in [3.8, 4) is 0 Å². The largest absolute Gasteiger partial charge is 0.324 e. The van der Waals surface area contributed by atoms with Crippen molar-refractivity contribution in [1.29, 1.82) is 0 Å². The summed E-state index contributed by atoms with van der Waals surface area (Å²) in [6.07, 6.45) is 3.27. The van der Waals surface area contributed by atoms with Crippen molar-refractivity contribution >= 4 is 28.8 Å². The predicted molar refractivity (Wildman–Crippen MR) is 103 cm³/mol. The molecule has 1 spiro atoms. The highest BCUT2D eigenvalue weighted by Gasteiger charge is 2.52. The van der Waals surface area contributed by atoms with E-state index in [1.807, 2.05) is 0 Å². The molecule has 1 amide bonds. The fourth-order valence-corrected chi connectivity index (χ4v) is 4.88. The van der Waals surface area contributed by atoms with Crippen LogP contribution < -0.4 is 5.32 Å². The molecule has 1 unspecified atom stereocenters. The van der Waals surface area contributed by atoms with Gasteiger partial charge < -0.3 is 5.32 Å². The Morgan fingerprint density at radius 1 is 1.30 bits per heavy atom. The van der Waals surface area contributed by atoms with Crippen LogP contribution in [0.1, 0.15) is 48.6 Å². The number of halogens is 4. The lowest BCUT2D eigenvalue weighted by Crippen LogP contribution is -2.34. The van der Waals surface area contributed by atoms with Crippen LogP contribution in [-0.4, -0.2) is 31.9 Å². The van der Waals surface area contributed by atoms with Crippen LogP contribution in [0.15, 0.2) is 24.5 Å². The van der Waals surface area contributed by atoms with E-state index in [2.05, 4.69) is 20.4 Å². The molecule has 5 rings (SSSR count). The average Bonchev–Trinajstić information content (AvgIpc) is 3.20. The normalized spacial score (nSPS) is 19.3. The number of rotatable bonds is 4. The van der Waals surface area contributed by atoms with Crippen molar-refractivity contribution in [2.75, 3.05) is 5.32 Å². The number of amides is 1. The molecule has 0 aromatic carbocycles. The van der Waals surface area contributed by atoms with Crippen molar-refractivity contribution in [2.24, 2.45) is 0 Å². The highest BCUT2D eigenvalue weighted by atomic mass is 35.5. The summed E-state index contributed by atoms with van der Waals surface area (Å²) in [4.78, 5) is 21.3. The minimum absolute atomic E-state index is 0.0748. The first-order valence-electron chi connectivity index (χ1n) is 9.64. The molecule has 0 saturated heterocycles. The molecule has 0 aliphatic heterocycles. The van der Waals surface area contributed by atoms with Gasteiger partial charge in [-0.25, -0.2) is 18.3 Å². The Balaban J connectivity index is 1.45. The lowest BCUT2D eigenvalue weighted by atomic mass is 9.66. The molecule has 1 saturated carbocycles. The van der Waals surface area contributed by atoms with Crippen molar-refractivity contribution in [2.45, 2.75) is 49.9 Å². The summed E-state index contributed by atoms with van der Waals surface area (Å²) in [5.41, 5.74) is 2.20.